The lowest BCUT2D eigenvalue weighted by Gasteiger charge is -2.18. The van der Waals surface area contributed by atoms with Crippen molar-refractivity contribution in [3.05, 3.63) is 100 Å². The first-order chi connectivity index (χ1) is 16.3. The number of carbonyl (C=O) groups is 1. The van der Waals surface area contributed by atoms with Gasteiger partial charge in [-0.2, -0.15) is 18.2 Å². The molecule has 9 heteroatoms. The predicted molar refractivity (Wildman–Crippen MR) is 124 cm³/mol. The fourth-order valence-corrected chi connectivity index (χ4v) is 3.74. The van der Waals surface area contributed by atoms with E-state index in [0.717, 1.165) is 17.8 Å². The summed E-state index contributed by atoms with van der Waals surface area (Å²) in [5.41, 5.74) is 1.79. The SMILES string of the molecule is O=C1N=C(c2ccc(C(F)(F)F)cc2)CCC=C(c2c(Cl)cccc2OCc2ccccn2)N1. The number of pyridine rings is 1. The van der Waals surface area contributed by atoms with E-state index in [-0.39, 0.29) is 6.61 Å². The number of aliphatic imine (C=N–C) groups is 1. The molecule has 34 heavy (non-hydrogen) atoms. The van der Waals surface area contributed by atoms with Gasteiger partial charge in [0.05, 0.1) is 33.3 Å². The fourth-order valence-electron chi connectivity index (χ4n) is 3.47. The number of ether oxygens (including phenoxy) is 1. The molecular weight excluding hydrogens is 467 g/mol. The van der Waals surface area contributed by atoms with Crippen molar-refractivity contribution in [3.63, 3.8) is 0 Å². The predicted octanol–water partition coefficient (Wildman–Crippen LogP) is 6.67. The molecule has 2 amide bonds. The minimum Gasteiger partial charge on any atom is -0.487 e. The third kappa shape index (κ3) is 5.63. The average Bonchev–Trinajstić information content (AvgIpc) is 2.80. The number of nitrogens with zero attached hydrogens (tertiary/aromatic N) is 2. The molecule has 0 saturated carbocycles. The van der Waals surface area contributed by atoms with Crippen molar-refractivity contribution < 1.29 is 22.7 Å². The van der Waals surface area contributed by atoms with E-state index in [2.05, 4.69) is 15.3 Å². The molecule has 0 saturated heterocycles. The van der Waals surface area contributed by atoms with Crippen LogP contribution in [0.2, 0.25) is 5.02 Å². The van der Waals surface area contributed by atoms with E-state index in [0.29, 0.717) is 46.1 Å². The number of nitrogens with one attached hydrogen (secondary N) is 1. The summed E-state index contributed by atoms with van der Waals surface area (Å²) in [5, 5.41) is 3.11. The summed E-state index contributed by atoms with van der Waals surface area (Å²) in [6.45, 7) is 0.214. The number of alkyl halides is 3. The average molecular weight is 486 g/mol. The smallest absolute Gasteiger partial charge is 0.416 e. The summed E-state index contributed by atoms with van der Waals surface area (Å²) in [4.78, 5) is 20.9. The molecule has 0 unspecified atom stereocenters. The first kappa shape index (κ1) is 23.5. The van der Waals surface area contributed by atoms with Gasteiger partial charge in [-0.1, -0.05) is 41.9 Å². The minimum absolute atomic E-state index is 0.214. The Morgan fingerprint density at radius 2 is 1.82 bits per heavy atom. The molecule has 0 radical (unpaired) electrons. The van der Waals surface area contributed by atoms with Crippen molar-refractivity contribution >= 4 is 29.0 Å². The lowest BCUT2D eigenvalue weighted by Crippen LogP contribution is -2.22. The highest BCUT2D eigenvalue weighted by Crippen LogP contribution is 2.34. The standard InChI is InChI=1S/C25H19ClF3N3O2/c26-19-6-3-9-22(34-15-18-5-1-2-14-30-18)23(19)21-8-4-7-20(31-24(33)32-21)16-10-12-17(13-11-16)25(27,28)29/h1-3,5-6,8-14H,4,7,15H2,(H,32,33). The third-order valence-electron chi connectivity index (χ3n) is 5.10. The maximum absolute atomic E-state index is 12.8. The molecule has 5 nitrogen and oxygen atoms in total. The van der Waals surface area contributed by atoms with Crippen LogP contribution in [-0.4, -0.2) is 16.7 Å². The highest BCUT2D eigenvalue weighted by atomic mass is 35.5. The summed E-state index contributed by atoms with van der Waals surface area (Å²) >= 11 is 6.45. The molecule has 1 aliphatic rings. The molecule has 2 heterocycles. The Morgan fingerprint density at radius 1 is 1.03 bits per heavy atom. The van der Waals surface area contributed by atoms with Gasteiger partial charge >= 0.3 is 12.2 Å². The zero-order valence-corrected chi connectivity index (χ0v) is 18.5. The van der Waals surface area contributed by atoms with E-state index in [1.54, 1.807) is 30.5 Å². The van der Waals surface area contributed by atoms with Crippen LogP contribution in [0.25, 0.3) is 5.70 Å². The molecule has 0 atom stereocenters. The van der Waals surface area contributed by atoms with Crippen LogP contribution in [-0.2, 0) is 12.8 Å². The zero-order chi connectivity index (χ0) is 24.1. The van der Waals surface area contributed by atoms with Crippen LogP contribution >= 0.6 is 11.6 Å². The van der Waals surface area contributed by atoms with E-state index >= 15 is 0 Å². The van der Waals surface area contributed by atoms with Crippen LogP contribution in [0.15, 0.2) is 77.9 Å². The van der Waals surface area contributed by atoms with Crippen molar-refractivity contribution in [3.8, 4) is 5.75 Å². The Balaban J connectivity index is 1.54. The van der Waals surface area contributed by atoms with Gasteiger partial charge in [0.2, 0.25) is 0 Å². The van der Waals surface area contributed by atoms with Crippen LogP contribution in [0.4, 0.5) is 18.0 Å². The maximum Gasteiger partial charge on any atom is 0.416 e. The molecule has 0 fully saturated rings. The second kappa shape index (κ2) is 10.1. The van der Waals surface area contributed by atoms with E-state index in [1.807, 2.05) is 18.2 Å². The van der Waals surface area contributed by atoms with Crippen LogP contribution in [0, 0.1) is 0 Å². The largest absolute Gasteiger partial charge is 0.487 e. The normalized spacial score (nSPS) is 14.4. The molecule has 1 N–H and O–H groups in total. The van der Waals surface area contributed by atoms with Crippen LogP contribution < -0.4 is 10.1 Å². The summed E-state index contributed by atoms with van der Waals surface area (Å²) in [6.07, 6.45) is -0.133. The molecule has 2 aromatic carbocycles. The van der Waals surface area contributed by atoms with Crippen molar-refractivity contribution in [2.75, 3.05) is 0 Å². The van der Waals surface area contributed by atoms with Gasteiger partial charge < -0.3 is 10.1 Å². The second-order valence-corrected chi connectivity index (χ2v) is 7.85. The van der Waals surface area contributed by atoms with Crippen molar-refractivity contribution in [1.82, 2.24) is 10.3 Å². The summed E-state index contributed by atoms with van der Waals surface area (Å²) in [7, 11) is 0. The van der Waals surface area contributed by atoms with Gasteiger partial charge in [0.25, 0.3) is 0 Å². The van der Waals surface area contributed by atoms with Gasteiger partial charge in [-0.15, -0.1) is 0 Å². The second-order valence-electron chi connectivity index (χ2n) is 7.44. The Kier molecular flexibility index (Phi) is 6.98. The van der Waals surface area contributed by atoms with Gasteiger partial charge in [-0.05, 0) is 54.8 Å². The summed E-state index contributed by atoms with van der Waals surface area (Å²) < 4.78 is 44.4. The topological polar surface area (TPSA) is 63.6 Å². The van der Waals surface area contributed by atoms with Crippen LogP contribution in [0.5, 0.6) is 5.75 Å². The quantitative estimate of drug-likeness (QED) is 0.439. The number of amides is 2. The van der Waals surface area contributed by atoms with E-state index < -0.39 is 17.8 Å². The number of allylic oxidation sites excluding steroid dienone is 1. The molecule has 0 spiro atoms. The van der Waals surface area contributed by atoms with E-state index in [1.165, 1.54) is 12.1 Å². The molecule has 3 aromatic rings. The van der Waals surface area contributed by atoms with Gasteiger partial charge in [0.1, 0.15) is 12.4 Å². The number of carbonyl (C=O) groups excluding carboxylic acids is 1. The Hall–Kier alpha value is -3.65. The van der Waals surface area contributed by atoms with Crippen molar-refractivity contribution in [2.45, 2.75) is 25.6 Å². The monoisotopic (exact) mass is 485 g/mol. The summed E-state index contributed by atoms with van der Waals surface area (Å²) in [6, 6.07) is 14.6. The van der Waals surface area contributed by atoms with Gasteiger partial charge in [-0.25, -0.2) is 4.79 Å². The Morgan fingerprint density at radius 3 is 2.53 bits per heavy atom. The molecule has 0 aliphatic carbocycles. The fraction of sp³-hybridized carbons (Fsp3) is 0.160. The number of rotatable bonds is 5. The number of benzene rings is 2. The maximum atomic E-state index is 12.8. The molecule has 174 valence electrons. The third-order valence-corrected chi connectivity index (χ3v) is 5.41. The first-order valence-corrected chi connectivity index (χ1v) is 10.8. The van der Waals surface area contributed by atoms with Crippen molar-refractivity contribution in [1.29, 1.82) is 0 Å². The van der Waals surface area contributed by atoms with E-state index in [4.69, 9.17) is 16.3 Å². The first-order valence-electron chi connectivity index (χ1n) is 10.4. The molecule has 4 rings (SSSR count). The molecular formula is C25H19ClF3N3O2. The highest BCUT2D eigenvalue weighted by Gasteiger charge is 2.30. The number of halogens is 4. The van der Waals surface area contributed by atoms with Gasteiger partial charge in [0, 0.05) is 6.20 Å². The minimum atomic E-state index is -4.43. The Labute approximate surface area is 199 Å². The van der Waals surface area contributed by atoms with E-state index in [9.17, 15) is 18.0 Å². The Bertz CT molecular complexity index is 1240. The molecule has 0 bridgehead atoms. The lowest BCUT2D eigenvalue weighted by molar-refractivity contribution is -0.137. The van der Waals surface area contributed by atoms with Crippen LogP contribution in [0.3, 0.4) is 0 Å². The zero-order valence-electron chi connectivity index (χ0n) is 17.8. The van der Waals surface area contributed by atoms with Gasteiger partial charge in [0.15, 0.2) is 0 Å². The molecule has 1 aliphatic heterocycles. The number of hydrogen-bond acceptors (Lipinski definition) is 3. The lowest BCUT2D eigenvalue weighted by atomic mass is 10.0. The van der Waals surface area contributed by atoms with Gasteiger partial charge in [-0.3, -0.25) is 4.98 Å². The number of aromatic nitrogens is 1. The van der Waals surface area contributed by atoms with Crippen LogP contribution in [0.1, 0.15) is 35.2 Å². The number of urea groups is 1. The number of hydrogen-bond donors (Lipinski definition) is 1. The summed E-state index contributed by atoms with van der Waals surface area (Å²) in [5.74, 6) is 0.470. The highest BCUT2D eigenvalue weighted by molar-refractivity contribution is 6.32. The molecule has 1 aromatic heterocycles. The van der Waals surface area contributed by atoms with Crippen molar-refractivity contribution in [2.24, 2.45) is 4.99 Å².